The Morgan fingerprint density at radius 3 is 2.56 bits per heavy atom. The van der Waals surface area contributed by atoms with Gasteiger partial charge in [-0.25, -0.2) is 8.42 Å². The zero-order chi connectivity index (χ0) is 24.5. The molecule has 8 heteroatoms. The number of halogens is 3. The lowest BCUT2D eigenvalue weighted by Crippen LogP contribution is -2.34. The number of pyridine rings is 1. The number of benzene rings is 2. The fourth-order valence-electron chi connectivity index (χ4n) is 4.39. The number of alkyl halides is 3. The monoisotopic (exact) mass is 488 g/mol. The molecule has 0 N–H and O–H groups in total. The molecule has 1 aliphatic rings. The van der Waals surface area contributed by atoms with E-state index in [1.54, 1.807) is 0 Å². The van der Waals surface area contributed by atoms with E-state index in [1.165, 1.54) is 29.0 Å². The van der Waals surface area contributed by atoms with Gasteiger partial charge in [0.15, 0.2) is 0 Å². The van der Waals surface area contributed by atoms with Crippen molar-refractivity contribution in [1.82, 2.24) is 9.88 Å². The predicted octanol–water partition coefficient (Wildman–Crippen LogP) is 5.07. The van der Waals surface area contributed by atoms with E-state index >= 15 is 0 Å². The molecule has 4 rings (SSSR count). The number of hydrogen-bond acceptors (Lipinski definition) is 4. The third-order valence-corrected chi connectivity index (χ3v) is 7.21. The maximum atomic E-state index is 12.9. The van der Waals surface area contributed by atoms with Crippen LogP contribution in [0.5, 0.6) is 0 Å². The van der Waals surface area contributed by atoms with Gasteiger partial charge in [-0.2, -0.15) is 13.2 Å². The largest absolute Gasteiger partial charge is 0.417 e. The number of sulfone groups is 1. The van der Waals surface area contributed by atoms with Crippen LogP contribution in [0.15, 0.2) is 54.7 Å². The summed E-state index contributed by atoms with van der Waals surface area (Å²) in [6.45, 7) is 4.00. The van der Waals surface area contributed by atoms with Crippen LogP contribution in [0.3, 0.4) is 0 Å². The highest BCUT2D eigenvalue weighted by Crippen LogP contribution is 2.31. The summed E-state index contributed by atoms with van der Waals surface area (Å²) in [4.78, 5) is 6.24. The highest BCUT2D eigenvalue weighted by atomic mass is 32.2. The molecule has 0 radical (unpaired) electrons. The molecule has 3 aromatic rings. The summed E-state index contributed by atoms with van der Waals surface area (Å²) in [5.74, 6) is 0.159. The normalized spacial score (nSPS) is 14.7. The lowest BCUT2D eigenvalue weighted by molar-refractivity contribution is -0.137. The fourth-order valence-corrected chi connectivity index (χ4v) is 4.98. The van der Waals surface area contributed by atoms with Crippen LogP contribution >= 0.6 is 0 Å². The Labute approximate surface area is 198 Å². The van der Waals surface area contributed by atoms with E-state index in [0.717, 1.165) is 48.5 Å². The first-order valence-corrected chi connectivity index (χ1v) is 13.2. The van der Waals surface area contributed by atoms with Crippen molar-refractivity contribution in [3.8, 4) is 11.3 Å². The molecular weight excluding hydrogens is 461 g/mol. The van der Waals surface area contributed by atoms with Crippen molar-refractivity contribution in [2.45, 2.75) is 32.5 Å². The predicted molar refractivity (Wildman–Crippen MR) is 127 cm³/mol. The van der Waals surface area contributed by atoms with Gasteiger partial charge in [0.1, 0.15) is 9.84 Å². The van der Waals surface area contributed by atoms with Gasteiger partial charge in [-0.05, 0) is 65.8 Å². The lowest BCUT2D eigenvalue weighted by atomic mass is 9.90. The number of aryl methyl sites for hydroxylation is 1. The quantitative estimate of drug-likeness (QED) is 0.486. The molecule has 0 atom stereocenters. The van der Waals surface area contributed by atoms with Crippen LogP contribution in [0.2, 0.25) is 0 Å². The Balaban J connectivity index is 1.54. The second kappa shape index (κ2) is 9.50. The van der Waals surface area contributed by atoms with E-state index in [-0.39, 0.29) is 5.75 Å². The summed E-state index contributed by atoms with van der Waals surface area (Å²) in [7, 11) is -2.99. The molecule has 0 saturated heterocycles. The average molecular weight is 489 g/mol. The number of rotatable bonds is 6. The summed E-state index contributed by atoms with van der Waals surface area (Å²) in [6.07, 6.45) is -0.701. The van der Waals surface area contributed by atoms with E-state index in [1.807, 2.05) is 31.2 Å². The van der Waals surface area contributed by atoms with Gasteiger partial charge in [-0.1, -0.05) is 30.3 Å². The molecule has 0 bridgehead atoms. The van der Waals surface area contributed by atoms with Crippen molar-refractivity contribution in [3.05, 3.63) is 88.1 Å². The standard InChI is InChI=1S/C26H27F3N2O2S/c1-18-6-7-19(15-24(18)25-9-8-22(16-30-25)26(27,28)29)14-20-4-3-5-21-17-31(11-10-23(20)21)12-13-34(2,32)33/h3-9,15-16H,10-14,17H2,1-2H3. The van der Waals surface area contributed by atoms with Crippen LogP contribution in [0, 0.1) is 6.92 Å². The summed E-state index contributed by atoms with van der Waals surface area (Å²) in [5, 5.41) is 0. The van der Waals surface area contributed by atoms with Gasteiger partial charge in [-0.3, -0.25) is 9.88 Å². The van der Waals surface area contributed by atoms with Gasteiger partial charge in [0.2, 0.25) is 0 Å². The van der Waals surface area contributed by atoms with Crippen molar-refractivity contribution in [1.29, 1.82) is 0 Å². The number of nitrogens with zero attached hydrogens (tertiary/aromatic N) is 2. The summed E-state index contributed by atoms with van der Waals surface area (Å²) < 4.78 is 61.7. The summed E-state index contributed by atoms with van der Waals surface area (Å²) in [5.41, 5.74) is 6.33. The maximum absolute atomic E-state index is 12.9. The minimum atomic E-state index is -4.41. The van der Waals surface area contributed by atoms with E-state index in [4.69, 9.17) is 0 Å². The van der Waals surface area contributed by atoms with Crippen molar-refractivity contribution >= 4 is 9.84 Å². The Morgan fingerprint density at radius 2 is 1.88 bits per heavy atom. The number of aromatic nitrogens is 1. The Morgan fingerprint density at radius 1 is 1.09 bits per heavy atom. The molecular formula is C26H27F3N2O2S. The van der Waals surface area contributed by atoms with E-state index in [2.05, 4.69) is 22.0 Å². The highest BCUT2D eigenvalue weighted by molar-refractivity contribution is 7.90. The third-order valence-electron chi connectivity index (χ3n) is 6.28. The van der Waals surface area contributed by atoms with Crippen LogP contribution in [0.1, 0.15) is 33.4 Å². The molecule has 0 unspecified atom stereocenters. The molecule has 0 spiro atoms. The van der Waals surface area contributed by atoms with E-state index in [9.17, 15) is 21.6 Å². The van der Waals surface area contributed by atoms with Gasteiger partial charge in [0.05, 0.1) is 17.0 Å². The van der Waals surface area contributed by atoms with Crippen molar-refractivity contribution in [3.63, 3.8) is 0 Å². The molecule has 0 aliphatic carbocycles. The molecule has 0 saturated carbocycles. The average Bonchev–Trinajstić information content (AvgIpc) is 2.78. The van der Waals surface area contributed by atoms with E-state index < -0.39 is 21.6 Å². The minimum Gasteiger partial charge on any atom is -0.298 e. The smallest absolute Gasteiger partial charge is 0.298 e. The molecule has 4 nitrogen and oxygen atoms in total. The zero-order valence-electron chi connectivity index (χ0n) is 19.2. The number of hydrogen-bond donors (Lipinski definition) is 0. The van der Waals surface area contributed by atoms with Crippen molar-refractivity contribution in [2.24, 2.45) is 0 Å². The summed E-state index contributed by atoms with van der Waals surface area (Å²) >= 11 is 0. The Hall–Kier alpha value is -2.71. The van der Waals surface area contributed by atoms with Gasteiger partial charge in [-0.15, -0.1) is 0 Å². The first-order valence-electron chi connectivity index (χ1n) is 11.1. The molecule has 0 amide bonds. The van der Waals surface area contributed by atoms with Crippen LogP contribution in [-0.4, -0.2) is 43.4 Å². The van der Waals surface area contributed by atoms with Crippen molar-refractivity contribution < 1.29 is 21.6 Å². The topological polar surface area (TPSA) is 50.3 Å². The van der Waals surface area contributed by atoms with Crippen LogP contribution in [-0.2, 0) is 35.4 Å². The molecule has 2 aromatic carbocycles. The zero-order valence-corrected chi connectivity index (χ0v) is 20.0. The molecule has 0 fully saturated rings. The van der Waals surface area contributed by atoms with E-state index in [0.29, 0.717) is 18.7 Å². The van der Waals surface area contributed by atoms with Gasteiger partial charge >= 0.3 is 6.18 Å². The van der Waals surface area contributed by atoms with Gasteiger partial charge < -0.3 is 0 Å². The second-order valence-corrected chi connectivity index (χ2v) is 11.2. The maximum Gasteiger partial charge on any atom is 0.417 e. The minimum absolute atomic E-state index is 0.159. The molecule has 180 valence electrons. The summed E-state index contributed by atoms with van der Waals surface area (Å²) in [6, 6.07) is 14.8. The lowest BCUT2D eigenvalue weighted by Gasteiger charge is -2.30. The molecule has 1 aliphatic heterocycles. The fraction of sp³-hybridized carbons (Fsp3) is 0.346. The molecule has 1 aromatic heterocycles. The number of fused-ring (bicyclic) bond motifs is 1. The second-order valence-electron chi connectivity index (χ2n) is 8.97. The van der Waals surface area contributed by atoms with Crippen molar-refractivity contribution in [2.75, 3.05) is 25.1 Å². The van der Waals surface area contributed by atoms with Crippen LogP contribution < -0.4 is 0 Å². The first kappa shape index (κ1) is 24.4. The van der Waals surface area contributed by atoms with Crippen LogP contribution in [0.25, 0.3) is 11.3 Å². The van der Waals surface area contributed by atoms with Gasteiger partial charge in [0, 0.05) is 37.7 Å². The molecule has 2 heterocycles. The first-order chi connectivity index (χ1) is 16.0. The third kappa shape index (κ3) is 5.85. The van der Waals surface area contributed by atoms with Gasteiger partial charge in [0.25, 0.3) is 0 Å². The Kier molecular flexibility index (Phi) is 6.82. The Bertz CT molecular complexity index is 1290. The van der Waals surface area contributed by atoms with Crippen LogP contribution in [0.4, 0.5) is 13.2 Å². The highest BCUT2D eigenvalue weighted by Gasteiger charge is 2.30. The molecule has 34 heavy (non-hydrogen) atoms. The SMILES string of the molecule is Cc1ccc(Cc2cccc3c2CCN(CCS(C)(=O)=O)C3)cc1-c1ccc(C(F)(F)F)cn1.